The van der Waals surface area contributed by atoms with Crippen LogP contribution >= 0.6 is 11.6 Å². The van der Waals surface area contributed by atoms with Gasteiger partial charge in [-0.25, -0.2) is 0 Å². The quantitative estimate of drug-likeness (QED) is 0.815. The molecular weight excluding hydrogens is 330 g/mol. The Kier molecular flexibility index (Phi) is 6.32. The minimum atomic E-state index is -0.627. The summed E-state index contributed by atoms with van der Waals surface area (Å²) in [5.74, 6) is 1.50. The molecule has 0 saturated carbocycles. The standard InChI is InChI=1S/C18H20ClNO4/c1-4-16(24-13-7-5-12(19)6-8-13)18(21)20-15-10-9-14(22-2)11-17(15)23-3/h5-11,16H,4H2,1-3H3,(H,20,21)/t16-/m1/s1. The van der Waals surface area contributed by atoms with E-state index in [-0.39, 0.29) is 5.91 Å². The highest BCUT2D eigenvalue weighted by atomic mass is 35.5. The van der Waals surface area contributed by atoms with E-state index in [9.17, 15) is 4.79 Å². The molecule has 2 aromatic rings. The molecule has 24 heavy (non-hydrogen) atoms. The lowest BCUT2D eigenvalue weighted by Gasteiger charge is -2.18. The van der Waals surface area contributed by atoms with Gasteiger partial charge in [-0.1, -0.05) is 18.5 Å². The zero-order chi connectivity index (χ0) is 17.5. The van der Waals surface area contributed by atoms with Crippen molar-refractivity contribution >= 4 is 23.2 Å². The second-order valence-electron chi connectivity index (χ2n) is 5.02. The highest BCUT2D eigenvalue weighted by Gasteiger charge is 2.20. The van der Waals surface area contributed by atoms with Crippen LogP contribution in [-0.4, -0.2) is 26.2 Å². The number of methoxy groups -OCH3 is 2. The van der Waals surface area contributed by atoms with Gasteiger partial charge in [0.2, 0.25) is 0 Å². The van der Waals surface area contributed by atoms with Gasteiger partial charge in [-0.3, -0.25) is 4.79 Å². The molecule has 1 atom stereocenters. The first-order valence-corrected chi connectivity index (χ1v) is 7.90. The summed E-state index contributed by atoms with van der Waals surface area (Å²) in [6.07, 6.45) is -0.106. The number of carbonyl (C=O) groups is 1. The lowest BCUT2D eigenvalue weighted by molar-refractivity contribution is -0.122. The number of halogens is 1. The molecule has 0 radical (unpaired) electrons. The maximum Gasteiger partial charge on any atom is 0.265 e. The Bertz CT molecular complexity index is 688. The molecule has 0 aliphatic carbocycles. The fourth-order valence-electron chi connectivity index (χ4n) is 2.11. The predicted octanol–water partition coefficient (Wildman–Crippen LogP) is 4.15. The lowest BCUT2D eigenvalue weighted by atomic mass is 10.2. The molecule has 0 spiro atoms. The van der Waals surface area contributed by atoms with Crippen LogP contribution in [0.1, 0.15) is 13.3 Å². The average molecular weight is 350 g/mol. The molecule has 2 rings (SSSR count). The third-order valence-electron chi connectivity index (χ3n) is 3.42. The molecule has 0 aliphatic rings. The van der Waals surface area contributed by atoms with Crippen LogP contribution in [0.5, 0.6) is 17.2 Å². The van der Waals surface area contributed by atoms with Gasteiger partial charge in [-0.2, -0.15) is 0 Å². The summed E-state index contributed by atoms with van der Waals surface area (Å²) < 4.78 is 16.2. The Labute approximate surface area is 146 Å². The largest absolute Gasteiger partial charge is 0.497 e. The summed E-state index contributed by atoms with van der Waals surface area (Å²) in [6, 6.07) is 12.1. The van der Waals surface area contributed by atoms with Gasteiger partial charge in [0.25, 0.3) is 5.91 Å². The highest BCUT2D eigenvalue weighted by Crippen LogP contribution is 2.29. The van der Waals surface area contributed by atoms with Crippen LogP contribution in [0, 0.1) is 0 Å². The summed E-state index contributed by atoms with van der Waals surface area (Å²) in [5, 5.41) is 3.44. The Morgan fingerprint density at radius 2 is 1.75 bits per heavy atom. The first-order chi connectivity index (χ1) is 11.6. The van der Waals surface area contributed by atoms with Gasteiger partial charge < -0.3 is 19.5 Å². The number of carbonyl (C=O) groups excluding carboxylic acids is 1. The van der Waals surface area contributed by atoms with Crippen LogP contribution in [0.15, 0.2) is 42.5 Å². The maximum atomic E-state index is 12.5. The zero-order valence-electron chi connectivity index (χ0n) is 13.8. The number of hydrogen-bond acceptors (Lipinski definition) is 4. The summed E-state index contributed by atoms with van der Waals surface area (Å²) in [7, 11) is 3.10. The predicted molar refractivity (Wildman–Crippen MR) is 94.3 cm³/mol. The van der Waals surface area contributed by atoms with Gasteiger partial charge >= 0.3 is 0 Å². The molecule has 0 fully saturated rings. The molecule has 2 aromatic carbocycles. The molecule has 0 aliphatic heterocycles. The number of ether oxygens (including phenoxy) is 3. The van der Waals surface area contributed by atoms with Gasteiger partial charge in [-0.15, -0.1) is 0 Å². The van der Waals surface area contributed by atoms with E-state index in [2.05, 4.69) is 5.32 Å². The first kappa shape index (κ1) is 17.9. The molecule has 5 nitrogen and oxygen atoms in total. The van der Waals surface area contributed by atoms with Gasteiger partial charge in [0.15, 0.2) is 6.10 Å². The van der Waals surface area contributed by atoms with Crippen molar-refractivity contribution in [3.8, 4) is 17.2 Å². The second-order valence-corrected chi connectivity index (χ2v) is 5.46. The molecule has 0 saturated heterocycles. The minimum absolute atomic E-state index is 0.254. The van der Waals surface area contributed by atoms with E-state index in [4.69, 9.17) is 25.8 Å². The average Bonchev–Trinajstić information content (AvgIpc) is 2.61. The molecule has 1 amide bonds. The molecule has 6 heteroatoms. The SMILES string of the molecule is CC[C@@H](Oc1ccc(Cl)cc1)C(=O)Nc1ccc(OC)cc1OC. The van der Waals surface area contributed by atoms with Gasteiger partial charge in [-0.05, 0) is 42.8 Å². The van der Waals surface area contributed by atoms with Crippen LogP contribution in [-0.2, 0) is 4.79 Å². The van der Waals surface area contributed by atoms with Crippen LogP contribution in [0.3, 0.4) is 0 Å². The van der Waals surface area contributed by atoms with Crippen LogP contribution < -0.4 is 19.5 Å². The first-order valence-electron chi connectivity index (χ1n) is 7.52. The number of rotatable bonds is 7. The third-order valence-corrected chi connectivity index (χ3v) is 3.67. The Hall–Kier alpha value is -2.40. The molecule has 128 valence electrons. The summed E-state index contributed by atoms with van der Waals surface area (Å²) in [5.41, 5.74) is 0.557. The summed E-state index contributed by atoms with van der Waals surface area (Å²) >= 11 is 5.85. The Morgan fingerprint density at radius 1 is 1.08 bits per heavy atom. The fraction of sp³-hybridized carbons (Fsp3) is 0.278. The lowest BCUT2D eigenvalue weighted by Crippen LogP contribution is -2.32. The molecule has 0 aromatic heterocycles. The van der Waals surface area contributed by atoms with Crippen molar-refractivity contribution in [2.24, 2.45) is 0 Å². The van der Waals surface area contributed by atoms with E-state index in [1.807, 2.05) is 6.92 Å². The maximum absolute atomic E-state index is 12.5. The van der Waals surface area contributed by atoms with Crippen LogP contribution in [0.25, 0.3) is 0 Å². The topological polar surface area (TPSA) is 56.8 Å². The smallest absolute Gasteiger partial charge is 0.265 e. The van der Waals surface area contributed by atoms with Crippen molar-refractivity contribution in [2.75, 3.05) is 19.5 Å². The summed E-state index contributed by atoms with van der Waals surface area (Å²) in [6.45, 7) is 1.88. The Morgan fingerprint density at radius 3 is 2.33 bits per heavy atom. The van der Waals surface area contributed by atoms with E-state index in [0.29, 0.717) is 34.4 Å². The number of anilines is 1. The summed E-state index contributed by atoms with van der Waals surface area (Å²) in [4.78, 5) is 12.5. The highest BCUT2D eigenvalue weighted by molar-refractivity contribution is 6.30. The van der Waals surface area contributed by atoms with Crippen molar-refractivity contribution in [3.63, 3.8) is 0 Å². The monoisotopic (exact) mass is 349 g/mol. The fourth-order valence-corrected chi connectivity index (χ4v) is 2.24. The normalized spacial score (nSPS) is 11.5. The van der Waals surface area contributed by atoms with Crippen molar-refractivity contribution in [2.45, 2.75) is 19.4 Å². The van der Waals surface area contributed by atoms with E-state index in [0.717, 1.165) is 0 Å². The van der Waals surface area contributed by atoms with Crippen molar-refractivity contribution in [1.82, 2.24) is 0 Å². The van der Waals surface area contributed by atoms with E-state index >= 15 is 0 Å². The Balaban J connectivity index is 2.10. The van der Waals surface area contributed by atoms with Crippen molar-refractivity contribution < 1.29 is 19.0 Å². The number of hydrogen-bond donors (Lipinski definition) is 1. The van der Waals surface area contributed by atoms with Crippen LogP contribution in [0.4, 0.5) is 5.69 Å². The molecule has 1 N–H and O–H groups in total. The van der Waals surface area contributed by atoms with E-state index in [1.54, 1.807) is 49.6 Å². The molecule has 0 heterocycles. The molecule has 0 unspecified atom stereocenters. The molecular formula is C18H20ClNO4. The third kappa shape index (κ3) is 4.55. The number of amides is 1. The van der Waals surface area contributed by atoms with Crippen LogP contribution in [0.2, 0.25) is 5.02 Å². The zero-order valence-corrected chi connectivity index (χ0v) is 14.6. The van der Waals surface area contributed by atoms with Gasteiger partial charge in [0.1, 0.15) is 17.2 Å². The second kappa shape index (κ2) is 8.45. The minimum Gasteiger partial charge on any atom is -0.497 e. The van der Waals surface area contributed by atoms with Gasteiger partial charge in [0.05, 0.1) is 19.9 Å². The number of nitrogens with one attached hydrogen (secondary N) is 1. The van der Waals surface area contributed by atoms with Crippen molar-refractivity contribution in [3.05, 3.63) is 47.5 Å². The molecule has 0 bridgehead atoms. The van der Waals surface area contributed by atoms with Gasteiger partial charge in [0, 0.05) is 11.1 Å². The van der Waals surface area contributed by atoms with E-state index < -0.39 is 6.10 Å². The number of benzene rings is 2. The van der Waals surface area contributed by atoms with E-state index in [1.165, 1.54) is 7.11 Å². The van der Waals surface area contributed by atoms with Crippen molar-refractivity contribution in [1.29, 1.82) is 0 Å².